The lowest BCUT2D eigenvalue weighted by Gasteiger charge is -2.34. The Labute approximate surface area is 190 Å². The molecular formula is C24H32N2O5S. The molecule has 8 heteroatoms. The van der Waals surface area contributed by atoms with Gasteiger partial charge in [-0.15, -0.1) is 0 Å². The molecular weight excluding hydrogens is 428 g/mol. The number of sulfonamides is 1. The second-order valence-electron chi connectivity index (χ2n) is 7.94. The van der Waals surface area contributed by atoms with Gasteiger partial charge in [0.1, 0.15) is 5.75 Å². The molecule has 1 N–H and O–H groups in total. The van der Waals surface area contributed by atoms with Gasteiger partial charge in [0.25, 0.3) is 5.91 Å². The SMILES string of the molecule is CCN(CC)S(=O)(=O)c1ccc(OC)c(C(=O)N2CCC(C(O)c3ccccc3)CC2)c1. The molecule has 1 saturated heterocycles. The number of likely N-dealkylation sites (tertiary alicyclic amines) is 1. The molecule has 0 aliphatic carbocycles. The Morgan fingerprint density at radius 2 is 1.75 bits per heavy atom. The minimum absolute atomic E-state index is 0.0673. The first-order chi connectivity index (χ1) is 15.3. The van der Waals surface area contributed by atoms with E-state index in [-0.39, 0.29) is 22.3 Å². The highest BCUT2D eigenvalue weighted by Crippen LogP contribution is 2.32. The fourth-order valence-corrected chi connectivity index (χ4v) is 5.72. The molecule has 1 atom stereocenters. The molecule has 2 aromatic carbocycles. The van der Waals surface area contributed by atoms with Crippen molar-refractivity contribution < 1.29 is 23.1 Å². The third kappa shape index (κ3) is 4.98. The predicted molar refractivity (Wildman–Crippen MR) is 123 cm³/mol. The monoisotopic (exact) mass is 460 g/mol. The van der Waals surface area contributed by atoms with Crippen molar-refractivity contribution in [1.82, 2.24) is 9.21 Å². The molecule has 3 rings (SSSR count). The minimum Gasteiger partial charge on any atom is -0.496 e. The van der Waals surface area contributed by atoms with Crippen LogP contribution < -0.4 is 4.74 Å². The van der Waals surface area contributed by atoms with Crippen LogP contribution in [-0.4, -0.2) is 61.9 Å². The maximum atomic E-state index is 13.3. The lowest BCUT2D eigenvalue weighted by molar-refractivity contribution is 0.0460. The average molecular weight is 461 g/mol. The van der Waals surface area contributed by atoms with Crippen molar-refractivity contribution in [1.29, 1.82) is 0 Å². The summed E-state index contributed by atoms with van der Waals surface area (Å²) < 4.78 is 32.6. The predicted octanol–water partition coefficient (Wildman–Crippen LogP) is 3.31. The minimum atomic E-state index is -3.69. The number of carbonyl (C=O) groups excluding carboxylic acids is 1. The van der Waals surface area contributed by atoms with E-state index in [1.165, 1.54) is 29.6 Å². The van der Waals surface area contributed by atoms with Crippen LogP contribution in [-0.2, 0) is 10.0 Å². The van der Waals surface area contributed by atoms with Crippen LogP contribution in [0.4, 0.5) is 0 Å². The molecule has 0 spiro atoms. The molecule has 1 amide bonds. The zero-order valence-electron chi connectivity index (χ0n) is 18.9. The molecule has 1 heterocycles. The molecule has 1 aliphatic heterocycles. The van der Waals surface area contributed by atoms with Gasteiger partial charge in [0.05, 0.1) is 23.7 Å². The number of ether oxygens (including phenoxy) is 1. The molecule has 0 aromatic heterocycles. The van der Waals surface area contributed by atoms with Crippen molar-refractivity contribution in [3.63, 3.8) is 0 Å². The van der Waals surface area contributed by atoms with Crippen molar-refractivity contribution in [2.75, 3.05) is 33.3 Å². The van der Waals surface area contributed by atoms with Gasteiger partial charge in [-0.3, -0.25) is 4.79 Å². The molecule has 1 unspecified atom stereocenters. The van der Waals surface area contributed by atoms with Crippen molar-refractivity contribution in [2.45, 2.75) is 37.7 Å². The molecule has 7 nitrogen and oxygen atoms in total. The van der Waals surface area contributed by atoms with Gasteiger partial charge < -0.3 is 14.7 Å². The third-order valence-electron chi connectivity index (χ3n) is 6.16. The number of nitrogens with zero attached hydrogens (tertiary/aromatic N) is 2. The fourth-order valence-electron chi connectivity index (χ4n) is 4.24. The van der Waals surface area contributed by atoms with Crippen LogP contribution in [0.3, 0.4) is 0 Å². The Morgan fingerprint density at radius 1 is 1.12 bits per heavy atom. The van der Waals surface area contributed by atoms with Gasteiger partial charge in [-0.25, -0.2) is 8.42 Å². The molecule has 2 aromatic rings. The van der Waals surface area contributed by atoms with Crippen LogP contribution in [0.2, 0.25) is 0 Å². The first-order valence-electron chi connectivity index (χ1n) is 11.0. The highest BCUT2D eigenvalue weighted by Gasteiger charge is 2.31. The average Bonchev–Trinajstić information content (AvgIpc) is 2.84. The highest BCUT2D eigenvalue weighted by atomic mass is 32.2. The Balaban J connectivity index is 1.78. The standard InChI is InChI=1S/C24H32N2O5S/c1-4-26(5-2)32(29,30)20-11-12-22(31-3)21(17-20)24(28)25-15-13-19(14-16-25)23(27)18-9-7-6-8-10-18/h6-12,17,19,23,27H,4-5,13-16H2,1-3H3. The number of hydrogen-bond donors (Lipinski definition) is 1. The number of rotatable bonds is 8. The summed E-state index contributed by atoms with van der Waals surface area (Å²) >= 11 is 0. The summed E-state index contributed by atoms with van der Waals surface area (Å²) in [6.45, 7) is 5.25. The van der Waals surface area contributed by atoms with Crippen LogP contribution in [0, 0.1) is 5.92 Å². The van der Waals surface area contributed by atoms with E-state index in [2.05, 4.69) is 0 Å². The number of aliphatic hydroxyl groups excluding tert-OH is 1. The lowest BCUT2D eigenvalue weighted by Crippen LogP contribution is -2.40. The normalized spacial score (nSPS) is 16.2. The Hall–Kier alpha value is -2.42. The maximum absolute atomic E-state index is 13.3. The smallest absolute Gasteiger partial charge is 0.257 e. The van der Waals surface area contributed by atoms with Gasteiger partial charge in [0, 0.05) is 26.2 Å². The lowest BCUT2D eigenvalue weighted by atomic mass is 9.87. The van der Waals surface area contributed by atoms with Gasteiger partial charge >= 0.3 is 0 Å². The van der Waals surface area contributed by atoms with Crippen LogP contribution in [0.5, 0.6) is 5.75 Å². The van der Waals surface area contributed by atoms with Crippen LogP contribution in [0.1, 0.15) is 48.7 Å². The zero-order valence-corrected chi connectivity index (χ0v) is 19.7. The number of benzene rings is 2. The fraction of sp³-hybridized carbons (Fsp3) is 0.458. The van der Waals surface area contributed by atoms with E-state index in [0.717, 1.165) is 5.56 Å². The van der Waals surface area contributed by atoms with Gasteiger partial charge in [-0.1, -0.05) is 44.2 Å². The molecule has 0 saturated carbocycles. The van der Waals surface area contributed by atoms with E-state index >= 15 is 0 Å². The van der Waals surface area contributed by atoms with Crippen molar-refractivity contribution in [2.24, 2.45) is 5.92 Å². The highest BCUT2D eigenvalue weighted by molar-refractivity contribution is 7.89. The van der Waals surface area contributed by atoms with Crippen LogP contribution in [0.25, 0.3) is 0 Å². The first kappa shape index (κ1) is 24.2. The summed E-state index contributed by atoms with van der Waals surface area (Å²) in [5.41, 5.74) is 1.12. The summed E-state index contributed by atoms with van der Waals surface area (Å²) in [5, 5.41) is 10.7. The molecule has 0 bridgehead atoms. The van der Waals surface area contributed by atoms with E-state index in [1.54, 1.807) is 18.7 Å². The molecule has 32 heavy (non-hydrogen) atoms. The molecule has 174 valence electrons. The summed E-state index contributed by atoms with van der Waals surface area (Å²) in [4.78, 5) is 15.1. The molecule has 1 aliphatic rings. The number of hydrogen-bond acceptors (Lipinski definition) is 5. The second-order valence-corrected chi connectivity index (χ2v) is 9.87. The van der Waals surface area contributed by atoms with E-state index in [1.807, 2.05) is 30.3 Å². The number of methoxy groups -OCH3 is 1. The number of piperidine rings is 1. The van der Waals surface area contributed by atoms with Crippen molar-refractivity contribution in [3.8, 4) is 5.75 Å². The molecule has 1 fully saturated rings. The van der Waals surface area contributed by atoms with Gasteiger partial charge in [0.2, 0.25) is 10.0 Å². The summed E-state index contributed by atoms with van der Waals surface area (Å²) in [6.07, 6.45) is 0.772. The van der Waals surface area contributed by atoms with E-state index in [4.69, 9.17) is 4.74 Å². The van der Waals surface area contributed by atoms with Crippen molar-refractivity contribution in [3.05, 3.63) is 59.7 Å². The van der Waals surface area contributed by atoms with E-state index in [0.29, 0.717) is 44.8 Å². The summed E-state index contributed by atoms with van der Waals surface area (Å²) in [5.74, 6) is 0.156. The van der Waals surface area contributed by atoms with Gasteiger partial charge in [0.15, 0.2) is 0 Å². The Morgan fingerprint density at radius 3 is 2.31 bits per heavy atom. The topological polar surface area (TPSA) is 87.2 Å². The number of amides is 1. The summed E-state index contributed by atoms with van der Waals surface area (Å²) in [6, 6.07) is 14.0. The zero-order chi connectivity index (χ0) is 23.3. The van der Waals surface area contributed by atoms with Crippen molar-refractivity contribution >= 4 is 15.9 Å². The molecule has 0 radical (unpaired) electrons. The van der Waals surface area contributed by atoms with Gasteiger partial charge in [-0.05, 0) is 42.5 Å². The quantitative estimate of drug-likeness (QED) is 0.653. The Bertz CT molecular complexity index is 1010. The number of carbonyl (C=O) groups is 1. The van der Waals surface area contributed by atoms with E-state index in [9.17, 15) is 18.3 Å². The van der Waals surface area contributed by atoms with Crippen LogP contribution >= 0.6 is 0 Å². The van der Waals surface area contributed by atoms with Gasteiger partial charge in [-0.2, -0.15) is 4.31 Å². The maximum Gasteiger partial charge on any atom is 0.257 e. The number of aliphatic hydroxyl groups is 1. The third-order valence-corrected chi connectivity index (χ3v) is 8.20. The Kier molecular flexibility index (Phi) is 7.92. The first-order valence-corrected chi connectivity index (χ1v) is 12.5. The largest absolute Gasteiger partial charge is 0.496 e. The summed E-state index contributed by atoms with van der Waals surface area (Å²) in [7, 11) is -2.22. The van der Waals surface area contributed by atoms with E-state index < -0.39 is 16.1 Å². The second kappa shape index (κ2) is 10.5. The van der Waals surface area contributed by atoms with Crippen LogP contribution in [0.15, 0.2) is 53.4 Å².